The van der Waals surface area contributed by atoms with E-state index >= 15 is 0 Å². The van der Waals surface area contributed by atoms with Crippen LogP contribution in [0.1, 0.15) is 12.0 Å². The van der Waals surface area contributed by atoms with E-state index in [4.69, 9.17) is 9.47 Å². The first kappa shape index (κ1) is 19.7. The summed E-state index contributed by atoms with van der Waals surface area (Å²) in [5.41, 5.74) is 1.21. The molecule has 7 heteroatoms. The van der Waals surface area contributed by atoms with Crippen LogP contribution in [-0.2, 0) is 6.54 Å². The fraction of sp³-hybridized carbons (Fsp3) is 0.611. The van der Waals surface area contributed by atoms with Crippen molar-refractivity contribution in [1.82, 2.24) is 15.5 Å². The number of benzene rings is 1. The predicted molar refractivity (Wildman–Crippen MR) is 106 cm³/mol. The number of thioether (sulfide) groups is 1. The molecule has 0 aliphatic carbocycles. The number of ether oxygens (including phenoxy) is 2. The zero-order valence-corrected chi connectivity index (χ0v) is 16.5. The van der Waals surface area contributed by atoms with Crippen molar-refractivity contribution in [2.45, 2.75) is 19.0 Å². The van der Waals surface area contributed by atoms with Gasteiger partial charge in [0.25, 0.3) is 0 Å². The minimum atomic E-state index is 0.424. The lowest BCUT2D eigenvalue weighted by atomic mass is 10.2. The van der Waals surface area contributed by atoms with E-state index in [1.807, 2.05) is 24.9 Å². The van der Waals surface area contributed by atoms with E-state index in [9.17, 15) is 0 Å². The van der Waals surface area contributed by atoms with E-state index in [0.29, 0.717) is 6.04 Å². The van der Waals surface area contributed by atoms with E-state index in [1.165, 1.54) is 5.56 Å². The molecule has 0 radical (unpaired) electrons. The van der Waals surface area contributed by atoms with Gasteiger partial charge in [-0.3, -0.25) is 9.89 Å². The molecule has 2 N–H and O–H groups in total. The van der Waals surface area contributed by atoms with Gasteiger partial charge in [-0.2, -0.15) is 11.8 Å². The molecule has 1 aliphatic rings. The zero-order valence-electron chi connectivity index (χ0n) is 15.7. The van der Waals surface area contributed by atoms with E-state index in [0.717, 1.165) is 55.8 Å². The molecule has 1 aromatic carbocycles. The van der Waals surface area contributed by atoms with Crippen LogP contribution in [0.25, 0.3) is 0 Å². The number of aliphatic imine (C=N–C) groups is 1. The van der Waals surface area contributed by atoms with Gasteiger partial charge in [-0.25, -0.2) is 0 Å². The highest BCUT2D eigenvalue weighted by molar-refractivity contribution is 7.98. The van der Waals surface area contributed by atoms with Crippen LogP contribution in [0.2, 0.25) is 0 Å². The highest BCUT2D eigenvalue weighted by Crippen LogP contribution is 2.24. The Morgan fingerprint density at radius 1 is 1.28 bits per heavy atom. The maximum absolute atomic E-state index is 5.36. The molecule has 1 aromatic rings. The van der Waals surface area contributed by atoms with Crippen LogP contribution in [0.3, 0.4) is 0 Å². The fourth-order valence-electron chi connectivity index (χ4n) is 2.97. The van der Waals surface area contributed by atoms with Gasteiger partial charge in [-0.05, 0) is 30.4 Å². The number of likely N-dealkylation sites (tertiary alicyclic amines) is 1. The van der Waals surface area contributed by atoms with E-state index in [2.05, 4.69) is 38.9 Å². The minimum absolute atomic E-state index is 0.424. The average molecular weight is 367 g/mol. The Balaban J connectivity index is 1.86. The molecular formula is C18H30N4O2S. The quantitative estimate of drug-likeness (QED) is 0.416. The number of nitrogens with one attached hydrogen (secondary N) is 2. The summed E-state index contributed by atoms with van der Waals surface area (Å²) in [6.45, 7) is 3.90. The van der Waals surface area contributed by atoms with Crippen LogP contribution in [-0.4, -0.2) is 69.8 Å². The monoisotopic (exact) mass is 366 g/mol. The standard InChI is InChI=1S/C18H30N4O2S/c1-19-18(20-6-8-25-4)21-15-5-7-22(13-15)12-14-9-16(23-2)11-17(10-14)24-3/h9-11,15H,5-8,12-13H2,1-4H3,(H2,19,20,21). The van der Waals surface area contributed by atoms with E-state index in [-0.39, 0.29) is 0 Å². The highest BCUT2D eigenvalue weighted by atomic mass is 32.2. The Morgan fingerprint density at radius 2 is 2.00 bits per heavy atom. The number of guanidine groups is 1. The molecule has 1 atom stereocenters. The largest absolute Gasteiger partial charge is 0.497 e. The topological polar surface area (TPSA) is 58.1 Å². The van der Waals surface area contributed by atoms with Gasteiger partial charge >= 0.3 is 0 Å². The lowest BCUT2D eigenvalue weighted by molar-refractivity contribution is 0.321. The molecule has 0 amide bonds. The zero-order chi connectivity index (χ0) is 18.1. The van der Waals surface area contributed by atoms with E-state index < -0.39 is 0 Å². The molecule has 1 fully saturated rings. The van der Waals surface area contributed by atoms with Gasteiger partial charge in [0.15, 0.2) is 5.96 Å². The number of methoxy groups -OCH3 is 2. The van der Waals surface area contributed by atoms with Crippen LogP contribution < -0.4 is 20.1 Å². The molecule has 25 heavy (non-hydrogen) atoms. The van der Waals surface area contributed by atoms with Gasteiger partial charge in [0.05, 0.1) is 14.2 Å². The van der Waals surface area contributed by atoms with Crippen LogP contribution in [0.5, 0.6) is 11.5 Å². The Labute approximate surface area is 155 Å². The molecule has 1 saturated heterocycles. The molecule has 0 spiro atoms. The SMILES string of the molecule is CN=C(NCCSC)NC1CCN(Cc2cc(OC)cc(OC)c2)C1. The lowest BCUT2D eigenvalue weighted by Crippen LogP contribution is -2.45. The molecule has 0 aromatic heterocycles. The molecule has 0 saturated carbocycles. The maximum Gasteiger partial charge on any atom is 0.191 e. The maximum atomic E-state index is 5.36. The summed E-state index contributed by atoms with van der Waals surface area (Å²) in [5.74, 6) is 3.64. The Morgan fingerprint density at radius 3 is 2.60 bits per heavy atom. The van der Waals surface area contributed by atoms with Crippen molar-refractivity contribution in [3.8, 4) is 11.5 Å². The van der Waals surface area contributed by atoms with Crippen LogP contribution in [0, 0.1) is 0 Å². The summed E-state index contributed by atoms with van der Waals surface area (Å²) >= 11 is 1.83. The van der Waals surface area contributed by atoms with Crippen molar-refractivity contribution in [3.63, 3.8) is 0 Å². The van der Waals surface area contributed by atoms with Crippen LogP contribution >= 0.6 is 11.8 Å². The Kier molecular flexibility index (Phi) is 8.21. The van der Waals surface area contributed by atoms with Gasteiger partial charge in [-0.1, -0.05) is 0 Å². The fourth-order valence-corrected chi connectivity index (χ4v) is 3.28. The molecule has 1 unspecified atom stereocenters. The van der Waals surface area contributed by atoms with Gasteiger partial charge < -0.3 is 20.1 Å². The summed E-state index contributed by atoms with van der Waals surface area (Å²) in [5, 5.41) is 6.88. The van der Waals surface area contributed by atoms with Crippen LogP contribution in [0.4, 0.5) is 0 Å². The van der Waals surface area contributed by atoms with Gasteiger partial charge in [0, 0.05) is 51.1 Å². The second-order valence-electron chi connectivity index (χ2n) is 6.08. The summed E-state index contributed by atoms with van der Waals surface area (Å²) < 4.78 is 10.7. The average Bonchev–Trinajstić information content (AvgIpc) is 3.07. The van der Waals surface area contributed by atoms with Crippen molar-refractivity contribution in [2.75, 3.05) is 52.9 Å². The molecule has 0 bridgehead atoms. The van der Waals surface area contributed by atoms with Crippen molar-refractivity contribution < 1.29 is 9.47 Å². The Bertz CT molecular complexity index is 546. The van der Waals surface area contributed by atoms with Crippen LogP contribution in [0.15, 0.2) is 23.2 Å². The first-order chi connectivity index (χ1) is 12.2. The normalized spacial score (nSPS) is 18.2. The summed E-state index contributed by atoms with van der Waals surface area (Å²) in [4.78, 5) is 6.76. The third-order valence-corrected chi connectivity index (χ3v) is 4.87. The molecule has 1 heterocycles. The number of nitrogens with zero attached hydrogens (tertiary/aromatic N) is 2. The molecule has 1 aliphatic heterocycles. The number of rotatable bonds is 8. The second kappa shape index (κ2) is 10.4. The number of hydrogen-bond donors (Lipinski definition) is 2. The first-order valence-electron chi connectivity index (χ1n) is 8.59. The van der Waals surface area contributed by atoms with Gasteiger partial charge in [-0.15, -0.1) is 0 Å². The number of hydrogen-bond acceptors (Lipinski definition) is 5. The first-order valence-corrected chi connectivity index (χ1v) is 9.98. The van der Waals surface area contributed by atoms with Crippen molar-refractivity contribution in [1.29, 1.82) is 0 Å². The molecule has 2 rings (SSSR count). The second-order valence-corrected chi connectivity index (χ2v) is 7.06. The molecule has 140 valence electrons. The van der Waals surface area contributed by atoms with E-state index in [1.54, 1.807) is 14.2 Å². The van der Waals surface area contributed by atoms with Crippen molar-refractivity contribution in [3.05, 3.63) is 23.8 Å². The van der Waals surface area contributed by atoms with Gasteiger partial charge in [0.2, 0.25) is 0 Å². The Hall–Kier alpha value is -1.60. The minimum Gasteiger partial charge on any atom is -0.497 e. The summed E-state index contributed by atoms with van der Waals surface area (Å²) in [6.07, 6.45) is 3.23. The lowest BCUT2D eigenvalue weighted by Gasteiger charge is -2.19. The highest BCUT2D eigenvalue weighted by Gasteiger charge is 2.23. The third kappa shape index (κ3) is 6.32. The smallest absolute Gasteiger partial charge is 0.191 e. The third-order valence-electron chi connectivity index (χ3n) is 4.25. The summed E-state index contributed by atoms with van der Waals surface area (Å²) in [7, 11) is 5.19. The van der Waals surface area contributed by atoms with Crippen molar-refractivity contribution >= 4 is 17.7 Å². The summed E-state index contributed by atoms with van der Waals surface area (Å²) in [6, 6.07) is 6.48. The molecular weight excluding hydrogens is 336 g/mol. The van der Waals surface area contributed by atoms with Crippen molar-refractivity contribution in [2.24, 2.45) is 4.99 Å². The molecule has 6 nitrogen and oxygen atoms in total. The van der Waals surface area contributed by atoms with Gasteiger partial charge in [0.1, 0.15) is 11.5 Å². The predicted octanol–water partition coefficient (Wildman–Crippen LogP) is 1.81.